The summed E-state index contributed by atoms with van der Waals surface area (Å²) in [4.78, 5) is 28.7. The third kappa shape index (κ3) is 6.54. The van der Waals surface area contributed by atoms with Crippen molar-refractivity contribution in [1.29, 1.82) is 0 Å². The first-order chi connectivity index (χ1) is 15.0. The number of hydrogen-bond donors (Lipinski definition) is 1. The maximum atomic E-state index is 12.7. The highest BCUT2D eigenvalue weighted by atomic mass is 16.5. The lowest BCUT2D eigenvalue weighted by Crippen LogP contribution is -2.53. The summed E-state index contributed by atoms with van der Waals surface area (Å²) >= 11 is 0. The van der Waals surface area contributed by atoms with Crippen molar-refractivity contribution in [3.05, 3.63) is 54.1 Å². The van der Waals surface area contributed by atoms with Gasteiger partial charge in [0.25, 0.3) is 0 Å². The Morgan fingerprint density at radius 2 is 1.71 bits per heavy atom. The quantitative estimate of drug-likeness (QED) is 0.623. The minimum absolute atomic E-state index is 0.0174. The molecule has 2 aromatic rings. The van der Waals surface area contributed by atoms with Gasteiger partial charge in [-0.25, -0.2) is 0 Å². The fourth-order valence-corrected chi connectivity index (χ4v) is 3.57. The molecule has 7 nitrogen and oxygen atoms in total. The zero-order valence-corrected chi connectivity index (χ0v) is 18.5. The van der Waals surface area contributed by atoms with Gasteiger partial charge < -0.3 is 14.8 Å². The van der Waals surface area contributed by atoms with Gasteiger partial charge in [0.1, 0.15) is 18.1 Å². The fourth-order valence-electron chi connectivity index (χ4n) is 3.57. The van der Waals surface area contributed by atoms with E-state index in [2.05, 4.69) is 15.1 Å². The van der Waals surface area contributed by atoms with Crippen LogP contribution in [-0.4, -0.2) is 74.0 Å². The molecule has 1 amide bonds. The van der Waals surface area contributed by atoms with Gasteiger partial charge in [-0.1, -0.05) is 12.1 Å². The lowest BCUT2D eigenvalue weighted by Gasteiger charge is -2.37. The Morgan fingerprint density at radius 1 is 1.03 bits per heavy atom. The molecule has 166 valence electrons. The molecule has 3 rings (SSSR count). The Kier molecular flexibility index (Phi) is 8.03. The van der Waals surface area contributed by atoms with Crippen molar-refractivity contribution in [2.24, 2.45) is 0 Å². The predicted molar refractivity (Wildman–Crippen MR) is 121 cm³/mol. The van der Waals surface area contributed by atoms with E-state index in [1.807, 2.05) is 31.2 Å². The van der Waals surface area contributed by atoms with Crippen molar-refractivity contribution in [1.82, 2.24) is 9.80 Å². The summed E-state index contributed by atoms with van der Waals surface area (Å²) in [6, 6.07) is 14.4. The molecule has 0 unspecified atom stereocenters. The average molecular weight is 426 g/mol. The van der Waals surface area contributed by atoms with Crippen LogP contribution in [0.25, 0.3) is 0 Å². The van der Waals surface area contributed by atoms with E-state index in [4.69, 9.17) is 9.47 Å². The lowest BCUT2D eigenvalue weighted by atomic mass is 10.1. The number of carbonyl (C=O) groups is 2. The predicted octanol–water partition coefficient (Wildman–Crippen LogP) is 2.92. The van der Waals surface area contributed by atoms with Gasteiger partial charge in [-0.2, -0.15) is 0 Å². The summed E-state index contributed by atoms with van der Waals surface area (Å²) in [5.74, 6) is 1.57. The molecule has 0 aromatic heterocycles. The summed E-state index contributed by atoms with van der Waals surface area (Å²) in [5, 5.41) is 2.93. The molecule has 31 heavy (non-hydrogen) atoms. The molecule has 0 saturated carbocycles. The third-order valence-electron chi connectivity index (χ3n) is 5.61. The van der Waals surface area contributed by atoms with E-state index in [1.54, 1.807) is 31.4 Å². The van der Waals surface area contributed by atoms with Crippen molar-refractivity contribution in [3.63, 3.8) is 0 Å². The van der Waals surface area contributed by atoms with Crippen LogP contribution < -0.4 is 14.8 Å². The number of carbonyl (C=O) groups excluding carboxylic acids is 2. The molecule has 1 aliphatic heterocycles. The first-order valence-electron chi connectivity index (χ1n) is 10.6. The van der Waals surface area contributed by atoms with E-state index in [1.165, 1.54) is 6.92 Å². The second-order valence-corrected chi connectivity index (χ2v) is 7.70. The molecule has 0 aliphatic carbocycles. The van der Waals surface area contributed by atoms with Crippen molar-refractivity contribution < 1.29 is 19.1 Å². The second-order valence-electron chi connectivity index (χ2n) is 7.70. The van der Waals surface area contributed by atoms with Crippen LogP contribution >= 0.6 is 0 Å². The smallest absolute Gasteiger partial charge is 0.241 e. The van der Waals surface area contributed by atoms with Crippen molar-refractivity contribution >= 4 is 17.4 Å². The summed E-state index contributed by atoms with van der Waals surface area (Å²) in [5.41, 5.74) is 1.25. The number of nitrogens with one attached hydrogen (secondary N) is 1. The molecule has 0 radical (unpaired) electrons. The van der Waals surface area contributed by atoms with Crippen LogP contribution in [0.3, 0.4) is 0 Å². The van der Waals surface area contributed by atoms with E-state index < -0.39 is 0 Å². The largest absolute Gasteiger partial charge is 0.497 e. The number of benzene rings is 2. The molecular weight excluding hydrogens is 394 g/mol. The van der Waals surface area contributed by atoms with Crippen molar-refractivity contribution in [2.75, 3.05) is 51.8 Å². The van der Waals surface area contributed by atoms with Crippen LogP contribution in [0, 0.1) is 0 Å². The number of nitrogens with zero attached hydrogens (tertiary/aromatic N) is 2. The molecule has 1 aliphatic rings. The number of rotatable bonds is 9. The molecule has 1 atom stereocenters. The molecular formula is C24H31N3O4. The number of ether oxygens (including phenoxy) is 2. The summed E-state index contributed by atoms with van der Waals surface area (Å²) in [6.45, 7) is 8.34. The summed E-state index contributed by atoms with van der Waals surface area (Å²) < 4.78 is 11.0. The van der Waals surface area contributed by atoms with Gasteiger partial charge in [0, 0.05) is 44.0 Å². The highest BCUT2D eigenvalue weighted by Gasteiger charge is 2.25. The SMILES string of the molecule is COc1ccc(OCCN2CCN([C@H](C)C(=O)Nc3cccc(C(C)=O)c3)CC2)cc1. The Hall–Kier alpha value is -2.90. The Labute approximate surface area is 183 Å². The Morgan fingerprint density at radius 3 is 2.35 bits per heavy atom. The van der Waals surface area contributed by atoms with Crippen LogP contribution in [-0.2, 0) is 4.79 Å². The number of piperazine rings is 1. The van der Waals surface area contributed by atoms with Gasteiger partial charge in [0.05, 0.1) is 13.2 Å². The molecule has 1 heterocycles. The summed E-state index contributed by atoms with van der Waals surface area (Å²) in [7, 11) is 1.64. The second kappa shape index (κ2) is 10.9. The maximum absolute atomic E-state index is 12.7. The molecule has 1 N–H and O–H groups in total. The van der Waals surface area contributed by atoms with Crippen LogP contribution in [0.4, 0.5) is 5.69 Å². The van der Waals surface area contributed by atoms with Crippen LogP contribution in [0.5, 0.6) is 11.5 Å². The highest BCUT2D eigenvalue weighted by molar-refractivity contribution is 5.98. The molecule has 0 bridgehead atoms. The van der Waals surface area contributed by atoms with E-state index in [0.29, 0.717) is 17.9 Å². The Balaban J connectivity index is 1.40. The average Bonchev–Trinajstić information content (AvgIpc) is 2.79. The van der Waals surface area contributed by atoms with Gasteiger partial charge >= 0.3 is 0 Å². The molecule has 1 saturated heterocycles. The van der Waals surface area contributed by atoms with Gasteiger partial charge in [-0.15, -0.1) is 0 Å². The third-order valence-corrected chi connectivity index (χ3v) is 5.61. The van der Waals surface area contributed by atoms with E-state index in [-0.39, 0.29) is 17.7 Å². The van der Waals surface area contributed by atoms with Gasteiger partial charge in [0.2, 0.25) is 5.91 Å². The standard InChI is InChI=1S/C24H31N3O4/c1-18(24(29)25-21-6-4-5-20(17-21)19(2)28)27-13-11-26(12-14-27)15-16-31-23-9-7-22(30-3)8-10-23/h4-10,17-18H,11-16H2,1-3H3,(H,25,29)/t18-/m1/s1. The fraction of sp³-hybridized carbons (Fsp3) is 0.417. The lowest BCUT2D eigenvalue weighted by molar-refractivity contribution is -0.121. The normalized spacial score (nSPS) is 15.8. The highest BCUT2D eigenvalue weighted by Crippen LogP contribution is 2.17. The topological polar surface area (TPSA) is 71.1 Å². The number of Topliss-reactive ketones (excluding diaryl/α,β-unsaturated/α-hetero) is 1. The molecule has 2 aromatic carbocycles. The van der Waals surface area contributed by atoms with E-state index in [0.717, 1.165) is 44.2 Å². The van der Waals surface area contributed by atoms with Crippen molar-refractivity contribution in [2.45, 2.75) is 19.9 Å². The van der Waals surface area contributed by atoms with E-state index >= 15 is 0 Å². The van der Waals surface area contributed by atoms with Crippen LogP contribution in [0.2, 0.25) is 0 Å². The number of anilines is 1. The zero-order valence-electron chi connectivity index (χ0n) is 18.5. The summed E-state index contributed by atoms with van der Waals surface area (Å²) in [6.07, 6.45) is 0. The molecule has 7 heteroatoms. The number of amides is 1. The van der Waals surface area contributed by atoms with Gasteiger partial charge in [-0.05, 0) is 50.2 Å². The monoisotopic (exact) mass is 425 g/mol. The van der Waals surface area contributed by atoms with Gasteiger partial charge in [0.15, 0.2) is 5.78 Å². The van der Waals surface area contributed by atoms with Crippen LogP contribution in [0.15, 0.2) is 48.5 Å². The molecule has 1 fully saturated rings. The van der Waals surface area contributed by atoms with Crippen molar-refractivity contribution in [3.8, 4) is 11.5 Å². The minimum Gasteiger partial charge on any atom is -0.497 e. The Bertz CT molecular complexity index is 877. The minimum atomic E-state index is -0.237. The number of methoxy groups -OCH3 is 1. The zero-order chi connectivity index (χ0) is 22.2. The van der Waals surface area contributed by atoms with Gasteiger partial charge in [-0.3, -0.25) is 19.4 Å². The maximum Gasteiger partial charge on any atom is 0.241 e. The van der Waals surface area contributed by atoms with E-state index in [9.17, 15) is 9.59 Å². The first-order valence-corrected chi connectivity index (χ1v) is 10.6. The van der Waals surface area contributed by atoms with Crippen LogP contribution in [0.1, 0.15) is 24.2 Å². The first kappa shape index (κ1) is 22.8. The number of ketones is 1. The molecule has 0 spiro atoms. The number of hydrogen-bond acceptors (Lipinski definition) is 6.